The van der Waals surface area contributed by atoms with Crippen LogP contribution in [0, 0.1) is 0 Å². The molecule has 0 bridgehead atoms. The third kappa shape index (κ3) is 3.75. The van der Waals surface area contributed by atoms with Crippen LogP contribution in [0.2, 0.25) is 0 Å². The Morgan fingerprint density at radius 3 is 2.79 bits per heavy atom. The van der Waals surface area contributed by atoms with Crippen molar-refractivity contribution in [3.05, 3.63) is 17.5 Å². The number of likely N-dealkylation sites (tertiary alicyclic amines) is 1. The van der Waals surface area contributed by atoms with Crippen LogP contribution < -0.4 is 0 Å². The molecule has 1 atom stereocenters. The quantitative estimate of drug-likeness (QED) is 0.690. The SMILES string of the molecule is CC1COC(=O)N1C1CCN(C(=O)CSc2nnc(-c3cccs3)n2C)CC1. The van der Waals surface area contributed by atoms with E-state index in [0.29, 0.717) is 25.4 Å². The molecule has 2 fully saturated rings. The van der Waals surface area contributed by atoms with E-state index in [1.807, 2.05) is 45.9 Å². The molecule has 0 N–H and O–H groups in total. The van der Waals surface area contributed by atoms with Crippen molar-refractivity contribution in [2.45, 2.75) is 37.0 Å². The number of aromatic nitrogens is 3. The number of piperidine rings is 1. The summed E-state index contributed by atoms with van der Waals surface area (Å²) in [5.41, 5.74) is 0. The average molecular weight is 422 g/mol. The maximum Gasteiger partial charge on any atom is 0.410 e. The molecular weight excluding hydrogens is 398 g/mol. The number of rotatable bonds is 5. The molecule has 0 aliphatic carbocycles. The Kier molecular flexibility index (Phi) is 5.58. The van der Waals surface area contributed by atoms with Gasteiger partial charge >= 0.3 is 6.09 Å². The Labute approximate surface area is 171 Å². The van der Waals surface area contributed by atoms with Gasteiger partial charge < -0.3 is 14.2 Å². The van der Waals surface area contributed by atoms with Gasteiger partial charge in [0, 0.05) is 26.2 Å². The lowest BCUT2D eigenvalue weighted by atomic mass is 10.0. The summed E-state index contributed by atoms with van der Waals surface area (Å²) in [4.78, 5) is 29.3. The van der Waals surface area contributed by atoms with E-state index in [-0.39, 0.29) is 24.1 Å². The van der Waals surface area contributed by atoms with E-state index >= 15 is 0 Å². The minimum Gasteiger partial charge on any atom is -0.447 e. The van der Waals surface area contributed by atoms with Gasteiger partial charge in [0.2, 0.25) is 5.91 Å². The molecule has 2 saturated heterocycles. The molecule has 28 heavy (non-hydrogen) atoms. The minimum atomic E-state index is -0.225. The van der Waals surface area contributed by atoms with Crippen molar-refractivity contribution in [3.63, 3.8) is 0 Å². The van der Waals surface area contributed by atoms with Crippen molar-refractivity contribution in [3.8, 4) is 10.7 Å². The van der Waals surface area contributed by atoms with E-state index in [1.54, 1.807) is 11.3 Å². The third-order valence-electron chi connectivity index (χ3n) is 5.25. The number of cyclic esters (lactones) is 1. The molecule has 2 aromatic rings. The number of hydrogen-bond donors (Lipinski definition) is 0. The zero-order valence-electron chi connectivity index (χ0n) is 15.9. The third-order valence-corrected chi connectivity index (χ3v) is 7.12. The summed E-state index contributed by atoms with van der Waals surface area (Å²) < 4.78 is 7.05. The number of carbonyl (C=O) groups is 2. The van der Waals surface area contributed by atoms with Crippen LogP contribution in [0.4, 0.5) is 4.79 Å². The maximum atomic E-state index is 12.6. The van der Waals surface area contributed by atoms with Crippen LogP contribution in [0.1, 0.15) is 19.8 Å². The lowest BCUT2D eigenvalue weighted by Gasteiger charge is -2.37. The molecule has 0 spiro atoms. The molecule has 0 aromatic carbocycles. The summed E-state index contributed by atoms with van der Waals surface area (Å²) in [6.45, 7) is 3.80. The van der Waals surface area contributed by atoms with E-state index in [2.05, 4.69) is 10.2 Å². The first kappa shape index (κ1) is 19.3. The minimum absolute atomic E-state index is 0.0983. The highest BCUT2D eigenvalue weighted by atomic mass is 32.2. The normalized spacial score (nSPS) is 20.6. The number of nitrogens with zero attached hydrogens (tertiary/aromatic N) is 5. The summed E-state index contributed by atoms with van der Waals surface area (Å²) >= 11 is 3.03. The summed E-state index contributed by atoms with van der Waals surface area (Å²) in [5, 5.41) is 11.2. The Bertz CT molecular complexity index is 846. The van der Waals surface area contributed by atoms with Crippen LogP contribution in [0.25, 0.3) is 10.7 Å². The molecule has 2 amide bonds. The topological polar surface area (TPSA) is 80.6 Å². The summed E-state index contributed by atoms with van der Waals surface area (Å²) in [7, 11) is 1.92. The van der Waals surface area contributed by atoms with E-state index in [0.717, 1.165) is 28.7 Å². The van der Waals surface area contributed by atoms with Crippen LogP contribution in [0.3, 0.4) is 0 Å². The Hall–Kier alpha value is -2.07. The predicted octanol–water partition coefficient (Wildman–Crippen LogP) is 2.47. The molecule has 0 saturated carbocycles. The second-order valence-electron chi connectivity index (χ2n) is 7.08. The molecule has 1 unspecified atom stereocenters. The highest BCUT2D eigenvalue weighted by Crippen LogP contribution is 2.27. The summed E-state index contributed by atoms with van der Waals surface area (Å²) in [5.74, 6) is 1.25. The zero-order valence-corrected chi connectivity index (χ0v) is 17.5. The van der Waals surface area contributed by atoms with Crippen LogP contribution in [0.5, 0.6) is 0 Å². The molecule has 8 nitrogen and oxygen atoms in total. The highest BCUT2D eigenvalue weighted by molar-refractivity contribution is 7.99. The van der Waals surface area contributed by atoms with Crippen LogP contribution in [-0.4, -0.2) is 74.1 Å². The Morgan fingerprint density at radius 1 is 1.36 bits per heavy atom. The van der Waals surface area contributed by atoms with Gasteiger partial charge in [0.1, 0.15) is 6.61 Å². The zero-order chi connectivity index (χ0) is 19.7. The first-order valence-corrected chi connectivity index (χ1v) is 11.2. The van der Waals surface area contributed by atoms with Crippen LogP contribution in [0.15, 0.2) is 22.7 Å². The molecule has 10 heteroatoms. The molecule has 150 valence electrons. The fraction of sp³-hybridized carbons (Fsp3) is 0.556. The van der Waals surface area contributed by atoms with Crippen molar-refractivity contribution in [1.82, 2.24) is 24.6 Å². The van der Waals surface area contributed by atoms with Crippen LogP contribution in [-0.2, 0) is 16.6 Å². The van der Waals surface area contributed by atoms with Gasteiger partial charge in [-0.15, -0.1) is 21.5 Å². The second kappa shape index (κ2) is 8.12. The van der Waals surface area contributed by atoms with Crippen molar-refractivity contribution in [2.75, 3.05) is 25.4 Å². The molecule has 4 heterocycles. The fourth-order valence-electron chi connectivity index (χ4n) is 3.71. The van der Waals surface area contributed by atoms with E-state index in [1.165, 1.54) is 11.8 Å². The van der Waals surface area contributed by atoms with Crippen molar-refractivity contribution >= 4 is 35.1 Å². The number of ether oxygens (including phenoxy) is 1. The molecule has 2 aliphatic heterocycles. The van der Waals surface area contributed by atoms with Crippen molar-refractivity contribution < 1.29 is 14.3 Å². The van der Waals surface area contributed by atoms with Gasteiger partial charge in [-0.2, -0.15) is 0 Å². The number of amides is 2. The lowest BCUT2D eigenvalue weighted by Crippen LogP contribution is -2.49. The van der Waals surface area contributed by atoms with Gasteiger partial charge in [-0.05, 0) is 31.2 Å². The van der Waals surface area contributed by atoms with Gasteiger partial charge in [0.25, 0.3) is 0 Å². The molecule has 0 radical (unpaired) electrons. The fourth-order valence-corrected chi connectivity index (χ4v) is 5.27. The Morgan fingerprint density at radius 2 is 2.14 bits per heavy atom. The molecular formula is C18H23N5O3S2. The highest BCUT2D eigenvalue weighted by Gasteiger charge is 2.37. The van der Waals surface area contributed by atoms with Gasteiger partial charge in [-0.3, -0.25) is 9.69 Å². The van der Waals surface area contributed by atoms with E-state index < -0.39 is 0 Å². The predicted molar refractivity (Wildman–Crippen MR) is 107 cm³/mol. The van der Waals surface area contributed by atoms with Crippen molar-refractivity contribution in [1.29, 1.82) is 0 Å². The van der Waals surface area contributed by atoms with Crippen molar-refractivity contribution in [2.24, 2.45) is 7.05 Å². The van der Waals surface area contributed by atoms with Gasteiger partial charge in [-0.1, -0.05) is 17.8 Å². The number of carbonyl (C=O) groups excluding carboxylic acids is 2. The summed E-state index contributed by atoms with van der Waals surface area (Å²) in [6.07, 6.45) is 1.36. The molecule has 2 aromatic heterocycles. The first-order valence-electron chi connectivity index (χ1n) is 9.33. The van der Waals surface area contributed by atoms with Crippen LogP contribution >= 0.6 is 23.1 Å². The Balaban J connectivity index is 1.29. The van der Waals surface area contributed by atoms with E-state index in [9.17, 15) is 9.59 Å². The lowest BCUT2D eigenvalue weighted by molar-refractivity contribution is -0.129. The average Bonchev–Trinajstić information content (AvgIpc) is 3.41. The standard InChI is InChI=1S/C18H23N5O3S2/c1-12-10-26-18(25)23(12)13-5-7-22(8-6-13)15(24)11-28-17-20-19-16(21(17)2)14-4-3-9-27-14/h3-4,9,12-13H,5-8,10-11H2,1-2H3. The first-order chi connectivity index (χ1) is 13.5. The largest absolute Gasteiger partial charge is 0.447 e. The smallest absolute Gasteiger partial charge is 0.410 e. The van der Waals surface area contributed by atoms with Gasteiger partial charge in [0.15, 0.2) is 11.0 Å². The molecule has 4 rings (SSSR count). The van der Waals surface area contributed by atoms with E-state index in [4.69, 9.17) is 4.74 Å². The summed E-state index contributed by atoms with van der Waals surface area (Å²) in [6, 6.07) is 4.27. The maximum absolute atomic E-state index is 12.6. The van der Waals surface area contributed by atoms with Gasteiger partial charge in [0.05, 0.1) is 16.7 Å². The number of thiophene rings is 1. The monoisotopic (exact) mass is 421 g/mol. The van der Waals surface area contributed by atoms with Gasteiger partial charge in [-0.25, -0.2) is 4.79 Å². The number of hydrogen-bond acceptors (Lipinski definition) is 7. The second-order valence-corrected chi connectivity index (χ2v) is 8.97. The number of thioether (sulfide) groups is 1. The molecule has 2 aliphatic rings.